The van der Waals surface area contributed by atoms with Crippen LogP contribution < -0.4 is 4.74 Å². The summed E-state index contributed by atoms with van der Waals surface area (Å²) in [7, 11) is 0. The molecule has 0 aromatic heterocycles. The van der Waals surface area contributed by atoms with Gasteiger partial charge in [0.25, 0.3) is 0 Å². The van der Waals surface area contributed by atoms with Crippen molar-refractivity contribution < 1.29 is 23.0 Å². The molecule has 0 unspecified atom stereocenters. The zero-order chi connectivity index (χ0) is 16.3. The Hall–Kier alpha value is -1.85. The molecule has 0 radical (unpaired) electrons. The van der Waals surface area contributed by atoms with E-state index in [0.717, 1.165) is 25.0 Å². The minimum atomic E-state index is -0.951. The van der Waals surface area contributed by atoms with Crippen LogP contribution in [0.25, 0.3) is 0 Å². The molecule has 1 heterocycles. The van der Waals surface area contributed by atoms with Gasteiger partial charge in [-0.15, -0.1) is 0 Å². The second kappa shape index (κ2) is 6.50. The highest BCUT2D eigenvalue weighted by atomic mass is 19.2. The summed E-state index contributed by atoms with van der Waals surface area (Å²) in [5.41, 5.74) is -0.550. The first-order chi connectivity index (χ1) is 10.3. The van der Waals surface area contributed by atoms with Crippen molar-refractivity contribution in [3.8, 4) is 5.75 Å². The molecule has 1 aromatic carbocycles. The minimum Gasteiger partial charge on any atom is -0.491 e. The van der Waals surface area contributed by atoms with Crippen molar-refractivity contribution in [3.05, 3.63) is 29.8 Å². The van der Waals surface area contributed by atoms with Crippen LogP contribution in [-0.4, -0.2) is 35.8 Å². The number of nitrogens with zero attached hydrogens (tertiary/aromatic N) is 1. The molecule has 0 aliphatic carbocycles. The number of amides is 1. The quantitative estimate of drug-likeness (QED) is 0.853. The number of carbonyl (C=O) groups excluding carboxylic acids is 1. The van der Waals surface area contributed by atoms with Gasteiger partial charge in [-0.1, -0.05) is 0 Å². The van der Waals surface area contributed by atoms with Crippen molar-refractivity contribution >= 4 is 6.09 Å². The van der Waals surface area contributed by atoms with Crippen molar-refractivity contribution in [2.45, 2.75) is 45.3 Å². The average molecular weight is 313 g/mol. The second-order valence-corrected chi connectivity index (χ2v) is 6.36. The topological polar surface area (TPSA) is 38.8 Å². The van der Waals surface area contributed by atoms with E-state index in [9.17, 15) is 13.6 Å². The number of rotatable bonds is 3. The molecule has 0 spiro atoms. The van der Waals surface area contributed by atoms with Gasteiger partial charge in [0.05, 0.1) is 6.04 Å². The largest absolute Gasteiger partial charge is 0.491 e. The van der Waals surface area contributed by atoms with Crippen LogP contribution in [0.5, 0.6) is 5.75 Å². The Bertz CT molecular complexity index is 543. The van der Waals surface area contributed by atoms with Gasteiger partial charge in [-0.25, -0.2) is 13.6 Å². The summed E-state index contributed by atoms with van der Waals surface area (Å²) in [6.45, 7) is 6.28. The molecular weight excluding hydrogens is 292 g/mol. The van der Waals surface area contributed by atoms with E-state index < -0.39 is 17.2 Å². The third kappa shape index (κ3) is 4.32. The summed E-state index contributed by atoms with van der Waals surface area (Å²) in [5.74, 6) is -1.62. The highest BCUT2D eigenvalue weighted by Gasteiger charge is 2.32. The van der Waals surface area contributed by atoms with E-state index in [0.29, 0.717) is 6.54 Å². The van der Waals surface area contributed by atoms with Crippen LogP contribution in [0, 0.1) is 11.6 Å². The molecule has 0 bridgehead atoms. The molecule has 122 valence electrons. The van der Waals surface area contributed by atoms with Gasteiger partial charge in [0, 0.05) is 12.6 Å². The van der Waals surface area contributed by atoms with Crippen LogP contribution >= 0.6 is 0 Å². The molecule has 1 saturated heterocycles. The van der Waals surface area contributed by atoms with Gasteiger partial charge in [0.1, 0.15) is 18.0 Å². The lowest BCUT2D eigenvalue weighted by Gasteiger charge is -2.28. The highest BCUT2D eigenvalue weighted by molar-refractivity contribution is 5.69. The number of carbonyl (C=O) groups is 1. The number of likely N-dealkylation sites (tertiary alicyclic amines) is 1. The maximum atomic E-state index is 13.1. The maximum absolute atomic E-state index is 13.1. The van der Waals surface area contributed by atoms with Gasteiger partial charge in [-0.3, -0.25) is 0 Å². The molecule has 0 N–H and O–H groups in total. The van der Waals surface area contributed by atoms with Crippen LogP contribution in [0.4, 0.5) is 13.6 Å². The number of hydrogen-bond acceptors (Lipinski definition) is 3. The Morgan fingerprint density at radius 3 is 2.68 bits per heavy atom. The van der Waals surface area contributed by atoms with E-state index in [4.69, 9.17) is 9.47 Å². The Labute approximate surface area is 129 Å². The lowest BCUT2D eigenvalue weighted by Crippen LogP contribution is -2.42. The molecular formula is C16H21F2NO3. The molecule has 1 fully saturated rings. The van der Waals surface area contributed by atoms with E-state index in [1.807, 2.05) is 20.8 Å². The molecule has 1 aliphatic rings. The predicted molar refractivity (Wildman–Crippen MR) is 77.8 cm³/mol. The first-order valence-corrected chi connectivity index (χ1v) is 7.34. The summed E-state index contributed by atoms with van der Waals surface area (Å²) >= 11 is 0. The normalized spacial score (nSPS) is 18.4. The minimum absolute atomic E-state index is 0.122. The fourth-order valence-electron chi connectivity index (χ4n) is 2.33. The van der Waals surface area contributed by atoms with Crippen LogP contribution in [0.15, 0.2) is 18.2 Å². The van der Waals surface area contributed by atoms with Gasteiger partial charge in [0.2, 0.25) is 0 Å². The van der Waals surface area contributed by atoms with E-state index in [1.54, 1.807) is 4.90 Å². The third-order valence-electron chi connectivity index (χ3n) is 3.34. The second-order valence-electron chi connectivity index (χ2n) is 6.36. The maximum Gasteiger partial charge on any atom is 0.410 e. The van der Waals surface area contributed by atoms with E-state index in [1.165, 1.54) is 6.07 Å². The Kier molecular flexibility index (Phi) is 4.88. The monoisotopic (exact) mass is 313 g/mol. The molecule has 2 rings (SSSR count). The Balaban J connectivity index is 1.93. The third-order valence-corrected chi connectivity index (χ3v) is 3.34. The molecule has 6 heteroatoms. The van der Waals surface area contributed by atoms with Gasteiger partial charge >= 0.3 is 6.09 Å². The zero-order valence-corrected chi connectivity index (χ0v) is 13.1. The Morgan fingerprint density at radius 1 is 1.32 bits per heavy atom. The van der Waals surface area contributed by atoms with Crippen LogP contribution in [0.1, 0.15) is 33.6 Å². The lowest BCUT2D eigenvalue weighted by molar-refractivity contribution is 0.0187. The number of hydrogen-bond donors (Lipinski definition) is 0. The number of ether oxygens (including phenoxy) is 2. The molecule has 1 aromatic rings. The van der Waals surface area contributed by atoms with Crippen molar-refractivity contribution in [3.63, 3.8) is 0 Å². The summed E-state index contributed by atoms with van der Waals surface area (Å²) < 4.78 is 36.8. The summed E-state index contributed by atoms with van der Waals surface area (Å²) in [5, 5.41) is 0. The van der Waals surface area contributed by atoms with Crippen LogP contribution in [0.2, 0.25) is 0 Å². The SMILES string of the molecule is CC(C)(C)OC(=O)N1CCC[C@H]1COc1ccc(F)c(F)c1. The smallest absolute Gasteiger partial charge is 0.410 e. The first kappa shape index (κ1) is 16.5. The number of benzene rings is 1. The standard InChI is InChI=1S/C16H21F2NO3/c1-16(2,3)22-15(20)19-8-4-5-11(19)10-21-12-6-7-13(17)14(18)9-12/h6-7,9,11H,4-5,8,10H2,1-3H3/t11-/m0/s1. The summed E-state index contributed by atoms with van der Waals surface area (Å²) in [4.78, 5) is 13.8. The lowest BCUT2D eigenvalue weighted by atomic mass is 10.2. The molecule has 1 atom stereocenters. The van der Waals surface area contributed by atoms with Crippen LogP contribution in [-0.2, 0) is 4.74 Å². The van der Waals surface area contributed by atoms with Crippen molar-refractivity contribution in [2.24, 2.45) is 0 Å². The van der Waals surface area contributed by atoms with Crippen LogP contribution in [0.3, 0.4) is 0 Å². The first-order valence-electron chi connectivity index (χ1n) is 7.34. The fourth-order valence-corrected chi connectivity index (χ4v) is 2.33. The predicted octanol–water partition coefficient (Wildman–Crippen LogP) is 3.74. The Morgan fingerprint density at radius 2 is 2.05 bits per heavy atom. The average Bonchev–Trinajstić information content (AvgIpc) is 2.87. The molecule has 22 heavy (non-hydrogen) atoms. The van der Waals surface area contributed by atoms with Gasteiger partial charge in [-0.05, 0) is 45.7 Å². The molecule has 1 amide bonds. The van der Waals surface area contributed by atoms with Crippen molar-refractivity contribution in [2.75, 3.05) is 13.2 Å². The van der Waals surface area contributed by atoms with Gasteiger partial charge in [0.15, 0.2) is 11.6 Å². The van der Waals surface area contributed by atoms with E-state index in [2.05, 4.69) is 0 Å². The van der Waals surface area contributed by atoms with Crippen molar-refractivity contribution in [1.82, 2.24) is 4.90 Å². The molecule has 1 aliphatic heterocycles. The van der Waals surface area contributed by atoms with Crippen molar-refractivity contribution in [1.29, 1.82) is 0 Å². The fraction of sp³-hybridized carbons (Fsp3) is 0.562. The summed E-state index contributed by atoms with van der Waals surface area (Å²) in [6.07, 6.45) is 1.29. The highest BCUT2D eigenvalue weighted by Crippen LogP contribution is 2.22. The van der Waals surface area contributed by atoms with Gasteiger partial charge < -0.3 is 14.4 Å². The zero-order valence-electron chi connectivity index (χ0n) is 13.1. The van der Waals surface area contributed by atoms with Gasteiger partial charge in [-0.2, -0.15) is 0 Å². The van der Waals surface area contributed by atoms with E-state index in [-0.39, 0.29) is 24.5 Å². The molecule has 0 saturated carbocycles. The number of halogens is 2. The van der Waals surface area contributed by atoms with E-state index >= 15 is 0 Å². The molecule has 4 nitrogen and oxygen atoms in total. The summed E-state index contributed by atoms with van der Waals surface area (Å²) in [6, 6.07) is 3.26.